The van der Waals surface area contributed by atoms with Crippen molar-refractivity contribution < 1.29 is 4.79 Å². The van der Waals surface area contributed by atoms with Crippen LogP contribution in [0.3, 0.4) is 0 Å². The molecule has 0 aromatic rings. The lowest BCUT2D eigenvalue weighted by Gasteiger charge is -2.42. The van der Waals surface area contributed by atoms with Crippen LogP contribution in [0, 0.1) is 23.2 Å². The van der Waals surface area contributed by atoms with E-state index in [1.807, 2.05) is 0 Å². The van der Waals surface area contributed by atoms with Crippen molar-refractivity contribution in [2.45, 2.75) is 78.6 Å². The molecular formula is C17H30O. The Bertz CT molecular complexity index is 296. The van der Waals surface area contributed by atoms with Gasteiger partial charge in [-0.3, -0.25) is 4.79 Å². The maximum atomic E-state index is 12.1. The van der Waals surface area contributed by atoms with Crippen molar-refractivity contribution in [2.24, 2.45) is 23.2 Å². The number of fused-ring (bicyclic) bond motifs is 1. The highest BCUT2D eigenvalue weighted by molar-refractivity contribution is 5.83. The maximum Gasteiger partial charge on any atom is 0.136 e. The molecule has 2 aliphatic carbocycles. The largest absolute Gasteiger partial charge is 0.299 e. The van der Waals surface area contributed by atoms with Crippen molar-refractivity contribution in [3.63, 3.8) is 0 Å². The molecule has 0 amide bonds. The molecular weight excluding hydrogens is 220 g/mol. The Morgan fingerprint density at radius 2 is 2.11 bits per heavy atom. The minimum atomic E-state index is 0.348. The molecule has 4 atom stereocenters. The summed E-state index contributed by atoms with van der Waals surface area (Å²) in [5.74, 6) is 2.61. The van der Waals surface area contributed by atoms with Crippen molar-refractivity contribution in [1.29, 1.82) is 0 Å². The molecule has 2 aliphatic rings. The highest BCUT2D eigenvalue weighted by atomic mass is 16.1. The first kappa shape index (κ1) is 14.1. The molecule has 1 heteroatoms. The number of ketones is 1. The van der Waals surface area contributed by atoms with Crippen LogP contribution in [0.5, 0.6) is 0 Å². The molecule has 2 unspecified atom stereocenters. The van der Waals surface area contributed by atoms with Gasteiger partial charge in [0.25, 0.3) is 0 Å². The van der Waals surface area contributed by atoms with Gasteiger partial charge in [0.15, 0.2) is 0 Å². The van der Waals surface area contributed by atoms with Crippen molar-refractivity contribution >= 4 is 5.78 Å². The summed E-state index contributed by atoms with van der Waals surface area (Å²) in [4.78, 5) is 12.1. The summed E-state index contributed by atoms with van der Waals surface area (Å²) in [6.45, 7) is 7.13. The van der Waals surface area contributed by atoms with Crippen LogP contribution in [0.1, 0.15) is 78.6 Å². The second kappa shape index (κ2) is 5.75. The minimum Gasteiger partial charge on any atom is -0.299 e. The predicted octanol–water partition coefficient (Wildman–Crippen LogP) is 4.99. The average Bonchev–Trinajstić information content (AvgIpc) is 2.68. The Morgan fingerprint density at radius 1 is 1.33 bits per heavy atom. The highest BCUT2D eigenvalue weighted by Crippen LogP contribution is 2.57. The number of rotatable bonds is 5. The zero-order chi connectivity index (χ0) is 13.2. The van der Waals surface area contributed by atoms with Crippen LogP contribution < -0.4 is 0 Å². The molecule has 0 radical (unpaired) electrons. The molecule has 18 heavy (non-hydrogen) atoms. The molecule has 0 bridgehead atoms. The average molecular weight is 250 g/mol. The van der Waals surface area contributed by atoms with E-state index in [1.54, 1.807) is 0 Å². The Kier molecular flexibility index (Phi) is 4.50. The second-order valence-electron chi connectivity index (χ2n) is 7.04. The Labute approximate surface area is 113 Å². The van der Waals surface area contributed by atoms with Crippen molar-refractivity contribution in [1.82, 2.24) is 0 Å². The molecule has 0 spiro atoms. The summed E-state index contributed by atoms with van der Waals surface area (Å²) in [7, 11) is 0. The van der Waals surface area contributed by atoms with Gasteiger partial charge < -0.3 is 0 Å². The molecule has 104 valence electrons. The van der Waals surface area contributed by atoms with Crippen molar-refractivity contribution in [3.8, 4) is 0 Å². The van der Waals surface area contributed by atoms with E-state index in [0.717, 1.165) is 24.7 Å². The number of carbonyl (C=O) groups excluding carboxylic acids is 1. The first-order chi connectivity index (χ1) is 8.59. The third-order valence-corrected chi connectivity index (χ3v) is 5.89. The van der Waals surface area contributed by atoms with E-state index in [2.05, 4.69) is 20.8 Å². The van der Waals surface area contributed by atoms with E-state index in [9.17, 15) is 4.79 Å². The summed E-state index contributed by atoms with van der Waals surface area (Å²) >= 11 is 0. The van der Waals surface area contributed by atoms with E-state index in [0.29, 0.717) is 17.1 Å². The van der Waals surface area contributed by atoms with Gasteiger partial charge in [-0.15, -0.1) is 0 Å². The molecule has 2 rings (SSSR count). The van der Waals surface area contributed by atoms with Gasteiger partial charge in [0.05, 0.1) is 0 Å². The summed E-state index contributed by atoms with van der Waals surface area (Å²) in [6, 6.07) is 0. The third kappa shape index (κ3) is 2.51. The van der Waals surface area contributed by atoms with Crippen molar-refractivity contribution in [3.05, 3.63) is 0 Å². The molecule has 1 nitrogen and oxygen atoms in total. The zero-order valence-electron chi connectivity index (χ0n) is 12.5. The third-order valence-electron chi connectivity index (χ3n) is 5.89. The van der Waals surface area contributed by atoms with Gasteiger partial charge in [0.2, 0.25) is 0 Å². The smallest absolute Gasteiger partial charge is 0.136 e. The van der Waals surface area contributed by atoms with Crippen LogP contribution >= 0.6 is 0 Å². The number of hydrogen-bond acceptors (Lipinski definition) is 1. The Morgan fingerprint density at radius 3 is 2.83 bits per heavy atom. The SMILES string of the molecule is CCCCC[C@@H](C)C1CCC2C(=O)CCC[C@@]21C. The predicted molar refractivity (Wildman–Crippen MR) is 76.5 cm³/mol. The monoisotopic (exact) mass is 250 g/mol. The lowest BCUT2D eigenvalue weighted by atomic mass is 9.62. The number of unbranched alkanes of at least 4 members (excludes halogenated alkanes) is 2. The molecule has 2 saturated carbocycles. The van der Waals surface area contributed by atoms with Crippen LogP contribution in [0.4, 0.5) is 0 Å². The normalized spacial score (nSPS) is 37.6. The molecule has 2 fully saturated rings. The van der Waals surface area contributed by atoms with E-state index in [4.69, 9.17) is 0 Å². The molecule has 0 N–H and O–H groups in total. The fourth-order valence-electron chi connectivity index (χ4n) is 4.82. The first-order valence-electron chi connectivity index (χ1n) is 8.12. The fourth-order valence-corrected chi connectivity index (χ4v) is 4.82. The topological polar surface area (TPSA) is 17.1 Å². The van der Waals surface area contributed by atoms with Crippen LogP contribution in [-0.2, 0) is 4.79 Å². The summed E-state index contributed by atoms with van der Waals surface area (Å²) in [5.41, 5.74) is 0.348. The lowest BCUT2D eigenvalue weighted by Crippen LogP contribution is -2.39. The number of Topliss-reactive ketones (excluding diaryl/α,β-unsaturated/α-hetero) is 1. The minimum absolute atomic E-state index is 0.348. The Hall–Kier alpha value is -0.330. The van der Waals surface area contributed by atoms with Crippen LogP contribution in [0.15, 0.2) is 0 Å². The quantitative estimate of drug-likeness (QED) is 0.628. The maximum absolute atomic E-state index is 12.1. The van der Waals surface area contributed by atoms with Gasteiger partial charge in [-0.2, -0.15) is 0 Å². The fraction of sp³-hybridized carbons (Fsp3) is 0.941. The van der Waals surface area contributed by atoms with E-state index in [1.165, 1.54) is 44.9 Å². The van der Waals surface area contributed by atoms with Gasteiger partial charge in [0.1, 0.15) is 5.78 Å². The van der Waals surface area contributed by atoms with Gasteiger partial charge in [-0.25, -0.2) is 0 Å². The number of hydrogen-bond donors (Lipinski definition) is 0. The first-order valence-corrected chi connectivity index (χ1v) is 8.12. The van der Waals surface area contributed by atoms with Gasteiger partial charge in [-0.05, 0) is 42.9 Å². The van der Waals surface area contributed by atoms with Crippen LogP contribution in [0.25, 0.3) is 0 Å². The van der Waals surface area contributed by atoms with E-state index in [-0.39, 0.29) is 0 Å². The summed E-state index contributed by atoms with van der Waals surface area (Å²) < 4.78 is 0. The van der Waals surface area contributed by atoms with Crippen LogP contribution in [-0.4, -0.2) is 5.78 Å². The van der Waals surface area contributed by atoms with E-state index >= 15 is 0 Å². The number of carbonyl (C=O) groups is 1. The van der Waals surface area contributed by atoms with Gasteiger partial charge >= 0.3 is 0 Å². The molecule has 0 saturated heterocycles. The molecule has 0 heterocycles. The van der Waals surface area contributed by atoms with Gasteiger partial charge in [0, 0.05) is 12.3 Å². The van der Waals surface area contributed by atoms with Crippen LogP contribution in [0.2, 0.25) is 0 Å². The molecule has 0 aliphatic heterocycles. The van der Waals surface area contributed by atoms with Crippen molar-refractivity contribution in [2.75, 3.05) is 0 Å². The van der Waals surface area contributed by atoms with E-state index < -0.39 is 0 Å². The summed E-state index contributed by atoms with van der Waals surface area (Å²) in [6.07, 6.45) is 11.2. The standard InChI is InChI=1S/C17H30O/c1-4-5-6-8-13(2)14-10-11-15-16(18)9-7-12-17(14,15)3/h13-15H,4-12H2,1-3H3/t13-,14?,15?,17-/m1/s1. The molecule has 0 aromatic carbocycles. The molecule has 0 aromatic heterocycles. The Balaban J connectivity index is 1.99. The zero-order valence-corrected chi connectivity index (χ0v) is 12.5. The summed E-state index contributed by atoms with van der Waals surface area (Å²) in [5, 5.41) is 0. The second-order valence-corrected chi connectivity index (χ2v) is 7.04. The lowest BCUT2D eigenvalue weighted by molar-refractivity contribution is -0.130. The highest BCUT2D eigenvalue weighted by Gasteiger charge is 2.52. The van der Waals surface area contributed by atoms with Gasteiger partial charge in [-0.1, -0.05) is 46.5 Å².